The van der Waals surface area contributed by atoms with Crippen LogP contribution in [0.1, 0.15) is 76.3 Å². The number of aliphatic carboxylic acids is 1. The molecule has 0 spiro atoms. The van der Waals surface area contributed by atoms with Crippen molar-refractivity contribution in [3.63, 3.8) is 0 Å². The smallest absolute Gasteiger partial charge is 0.307 e. The molecule has 7 atom stereocenters. The number of nitrogens with two attached hydrogens (primary N) is 5. The second-order valence-electron chi connectivity index (χ2n) is 15.5. The lowest BCUT2D eigenvalue weighted by molar-refractivity contribution is -0.144. The second kappa shape index (κ2) is 24.7. The van der Waals surface area contributed by atoms with Gasteiger partial charge in [0.05, 0.1) is 18.0 Å². The lowest BCUT2D eigenvalue weighted by Crippen LogP contribution is -2.59. The predicted molar refractivity (Wildman–Crippen MR) is 230 cm³/mol. The number of nitrogens with one attached hydrogen (secondary N) is 3. The third-order valence-electron chi connectivity index (χ3n) is 10.7. The van der Waals surface area contributed by atoms with Crippen LogP contribution in [-0.4, -0.2) is 112 Å². The zero-order valence-corrected chi connectivity index (χ0v) is 35.0. The van der Waals surface area contributed by atoms with Gasteiger partial charge in [0.1, 0.15) is 23.9 Å². The van der Waals surface area contributed by atoms with E-state index in [2.05, 4.69) is 25.9 Å². The number of phenolic OH excluding ortho intramolecular Hbond substituents is 1. The Hall–Kier alpha value is -6.24. The summed E-state index contributed by atoms with van der Waals surface area (Å²) in [5.41, 5.74) is 29.2. The normalized spacial score (nSPS) is 16.4. The molecule has 0 radical (unpaired) electrons. The van der Waals surface area contributed by atoms with Gasteiger partial charge in [-0.05, 0) is 74.1 Å². The first-order valence-electron chi connectivity index (χ1n) is 20.7. The number of aromatic hydroxyl groups is 1. The Bertz CT molecular complexity index is 1840. The van der Waals surface area contributed by atoms with Crippen LogP contribution in [0, 0.1) is 11.8 Å². The minimum Gasteiger partial charge on any atom is -0.508 e. The Morgan fingerprint density at radius 2 is 1.41 bits per heavy atom. The van der Waals surface area contributed by atoms with E-state index in [0.29, 0.717) is 31.2 Å². The van der Waals surface area contributed by atoms with Crippen LogP contribution in [0.15, 0.2) is 64.6 Å². The molecule has 2 aromatic rings. The van der Waals surface area contributed by atoms with Crippen molar-refractivity contribution in [3.8, 4) is 5.75 Å². The van der Waals surface area contributed by atoms with Gasteiger partial charge in [-0.25, -0.2) is 0 Å². The van der Waals surface area contributed by atoms with Crippen LogP contribution in [-0.2, 0) is 41.6 Å². The quantitative estimate of drug-likeness (QED) is 0.0351. The molecular weight excluding hydrogens is 787 g/mol. The summed E-state index contributed by atoms with van der Waals surface area (Å²) in [7, 11) is 0. The number of carbonyl (C=O) groups is 6. The van der Waals surface area contributed by atoms with Crippen molar-refractivity contribution in [1.29, 1.82) is 0 Å². The molecule has 2 aromatic carbocycles. The minimum atomic E-state index is -1.25. The summed E-state index contributed by atoms with van der Waals surface area (Å²) in [5.74, 6) is -5.71. The highest BCUT2D eigenvalue weighted by atomic mass is 16.4. The van der Waals surface area contributed by atoms with E-state index in [1.165, 1.54) is 17.0 Å². The molecule has 61 heavy (non-hydrogen) atoms. The van der Waals surface area contributed by atoms with E-state index in [1.54, 1.807) is 43.3 Å². The Morgan fingerprint density at radius 1 is 0.803 bits per heavy atom. The highest BCUT2D eigenvalue weighted by Crippen LogP contribution is 2.22. The number of hydrogen-bond acceptors (Lipinski definition) is 10. The van der Waals surface area contributed by atoms with Crippen LogP contribution in [0.2, 0.25) is 0 Å². The number of rotatable bonds is 25. The number of likely N-dealkylation sites (tertiary alicyclic amines) is 1. The van der Waals surface area contributed by atoms with E-state index in [-0.39, 0.29) is 81.7 Å². The summed E-state index contributed by atoms with van der Waals surface area (Å²) < 4.78 is 0. The number of carbonyl (C=O) groups excluding carboxylic acids is 5. The van der Waals surface area contributed by atoms with Gasteiger partial charge < -0.3 is 59.7 Å². The van der Waals surface area contributed by atoms with Crippen LogP contribution in [0.4, 0.5) is 0 Å². The summed E-state index contributed by atoms with van der Waals surface area (Å²) in [6.45, 7) is 4.24. The fourth-order valence-electron chi connectivity index (χ4n) is 7.08. The largest absolute Gasteiger partial charge is 0.508 e. The van der Waals surface area contributed by atoms with E-state index in [0.717, 1.165) is 5.56 Å². The maximum Gasteiger partial charge on any atom is 0.307 e. The van der Waals surface area contributed by atoms with Gasteiger partial charge in [-0.3, -0.25) is 38.8 Å². The van der Waals surface area contributed by atoms with Crippen molar-refractivity contribution in [2.45, 2.75) is 108 Å². The molecule has 19 nitrogen and oxygen atoms in total. The Labute approximate surface area is 356 Å². The summed E-state index contributed by atoms with van der Waals surface area (Å²) >= 11 is 0. The fraction of sp³-hybridized carbons (Fsp3) is 0.524. The van der Waals surface area contributed by atoms with Crippen LogP contribution < -0.4 is 44.6 Å². The van der Waals surface area contributed by atoms with Gasteiger partial charge in [0.15, 0.2) is 17.7 Å². The Morgan fingerprint density at radius 3 is 2.00 bits per heavy atom. The van der Waals surface area contributed by atoms with E-state index in [1.807, 2.05) is 13.0 Å². The third kappa shape index (κ3) is 16.4. The fourth-order valence-corrected chi connectivity index (χ4v) is 7.08. The third-order valence-corrected chi connectivity index (χ3v) is 10.7. The first kappa shape index (κ1) is 49.1. The zero-order valence-electron chi connectivity index (χ0n) is 35.0. The molecule has 1 fully saturated rings. The van der Waals surface area contributed by atoms with Crippen LogP contribution in [0.25, 0.3) is 0 Å². The van der Waals surface area contributed by atoms with E-state index in [4.69, 9.17) is 28.7 Å². The maximum absolute atomic E-state index is 14.2. The van der Waals surface area contributed by atoms with E-state index < -0.39 is 71.5 Å². The maximum atomic E-state index is 14.2. The molecule has 0 saturated carbocycles. The van der Waals surface area contributed by atoms with Gasteiger partial charge in [-0.15, -0.1) is 0 Å². The Balaban J connectivity index is 1.84. The monoisotopic (exact) mass is 849 g/mol. The first-order valence-corrected chi connectivity index (χ1v) is 20.7. The molecule has 19 heteroatoms. The summed E-state index contributed by atoms with van der Waals surface area (Å²) in [6.07, 6.45) is 2.01. The average molecular weight is 850 g/mol. The van der Waals surface area contributed by atoms with Crippen molar-refractivity contribution in [3.05, 3.63) is 65.7 Å². The number of amides is 4. The molecule has 1 heterocycles. The zero-order chi connectivity index (χ0) is 45.1. The van der Waals surface area contributed by atoms with Gasteiger partial charge in [-0.2, -0.15) is 0 Å². The SMILES string of the molecule is CCC(C)[C@H](NC(=O)C(Cc1ccc(O)cc1)NC(=O)C1CCCN1C(=O)C(CCCN=C(N)N)NC(=O)C(N)CCCN=C(N)N)C(=O)C[C@H](Cc1ccccc1)C(=O)O. The molecule has 0 aliphatic carbocycles. The van der Waals surface area contributed by atoms with E-state index >= 15 is 0 Å². The molecule has 15 N–H and O–H groups in total. The molecule has 5 unspecified atom stereocenters. The van der Waals surface area contributed by atoms with Gasteiger partial charge in [0, 0.05) is 32.5 Å². The highest BCUT2D eigenvalue weighted by Gasteiger charge is 2.40. The highest BCUT2D eigenvalue weighted by molar-refractivity contribution is 5.97. The van der Waals surface area contributed by atoms with Crippen molar-refractivity contribution in [2.24, 2.45) is 50.5 Å². The predicted octanol–water partition coefficient (Wildman–Crippen LogP) is -0.237. The second-order valence-corrected chi connectivity index (χ2v) is 15.5. The van der Waals surface area contributed by atoms with Gasteiger partial charge in [-0.1, -0.05) is 62.7 Å². The summed E-state index contributed by atoms with van der Waals surface area (Å²) in [5, 5.41) is 28.3. The number of nitrogens with zero attached hydrogens (tertiary/aromatic N) is 3. The molecule has 4 amide bonds. The molecule has 0 bridgehead atoms. The van der Waals surface area contributed by atoms with E-state index in [9.17, 15) is 39.0 Å². The standard InChI is InChI=1S/C42H63N11O8/c1-3-25(2)35(34(55)24-28(40(60)61)22-26-10-5-4-6-11-26)52-37(57)32(23-27-15-17-29(54)18-16-27)51-38(58)33-14-9-21-53(33)39(59)31(13-8-20-49-42(46)47)50-36(56)30(43)12-7-19-48-41(44)45/h4-6,10-11,15-18,25,28,30-33,35,54H,3,7-9,12-14,19-24,43H2,1-2H3,(H,50,56)(H,51,58)(H,52,57)(H,60,61)(H4,44,45,48)(H4,46,47,49)/t25?,28-,30?,31?,32?,33?,35-/m0/s1. The Kier molecular flexibility index (Phi) is 19.9. The number of benzene rings is 2. The topological polar surface area (TPSA) is 337 Å². The molecular formula is C42H63N11O8. The minimum absolute atomic E-state index is 0.00772. The van der Waals surface area contributed by atoms with Gasteiger partial charge in [0.2, 0.25) is 23.6 Å². The number of carboxylic acid groups (broad SMARTS) is 1. The number of guanidine groups is 2. The van der Waals surface area contributed by atoms with Crippen molar-refractivity contribution >= 4 is 47.3 Å². The number of ketones is 1. The number of phenols is 1. The lowest BCUT2D eigenvalue weighted by atomic mass is 9.87. The lowest BCUT2D eigenvalue weighted by Gasteiger charge is -2.31. The molecule has 1 aliphatic rings. The number of carboxylic acids is 1. The van der Waals surface area contributed by atoms with Gasteiger partial charge >= 0.3 is 5.97 Å². The first-order chi connectivity index (χ1) is 29.0. The summed E-state index contributed by atoms with van der Waals surface area (Å²) in [4.78, 5) is 91.1. The average Bonchev–Trinajstić information content (AvgIpc) is 3.72. The summed E-state index contributed by atoms with van der Waals surface area (Å²) in [6, 6.07) is 9.59. The number of aliphatic imine (C=N–C) groups is 2. The van der Waals surface area contributed by atoms with Crippen molar-refractivity contribution in [1.82, 2.24) is 20.9 Å². The van der Waals surface area contributed by atoms with Crippen LogP contribution >= 0.6 is 0 Å². The number of hydrogen-bond donors (Lipinski definition) is 10. The molecule has 1 aliphatic heterocycles. The van der Waals surface area contributed by atoms with Gasteiger partial charge in [0.25, 0.3) is 0 Å². The molecule has 3 rings (SSSR count). The van der Waals surface area contributed by atoms with Crippen LogP contribution in [0.3, 0.4) is 0 Å². The molecule has 1 saturated heterocycles. The van der Waals surface area contributed by atoms with Crippen molar-refractivity contribution in [2.75, 3.05) is 19.6 Å². The van der Waals surface area contributed by atoms with Crippen LogP contribution in [0.5, 0.6) is 5.75 Å². The van der Waals surface area contributed by atoms with Crippen molar-refractivity contribution < 1.29 is 39.0 Å². The number of Topliss-reactive ketones (excluding diaryl/α,β-unsaturated/α-hetero) is 1. The molecule has 0 aromatic heterocycles. The molecule has 334 valence electrons.